The Labute approximate surface area is 160 Å². The Bertz CT molecular complexity index is 387. The second-order valence-electron chi connectivity index (χ2n) is 7.48. The number of nitrogens with zero attached hydrogens (tertiary/aromatic N) is 2. The van der Waals surface area contributed by atoms with Crippen molar-refractivity contribution in [2.45, 2.75) is 64.5 Å². The zero-order valence-electron chi connectivity index (χ0n) is 17.1. The average molecular weight is 369 g/mol. The van der Waals surface area contributed by atoms with Crippen LogP contribution in [-0.2, 0) is 9.47 Å². The number of hydrogen-bond donors (Lipinski definition) is 2. The first-order chi connectivity index (χ1) is 12.8. The quantitative estimate of drug-likeness (QED) is 0.333. The average Bonchev–Trinajstić information content (AvgIpc) is 3.37. The van der Waals surface area contributed by atoms with E-state index < -0.39 is 0 Å². The van der Waals surface area contributed by atoms with E-state index >= 15 is 0 Å². The van der Waals surface area contributed by atoms with Gasteiger partial charge in [-0.1, -0.05) is 26.7 Å². The van der Waals surface area contributed by atoms with Crippen molar-refractivity contribution in [3.8, 4) is 0 Å². The van der Waals surface area contributed by atoms with Crippen LogP contribution in [0.15, 0.2) is 4.99 Å². The Morgan fingerprint density at radius 1 is 1.23 bits per heavy atom. The lowest BCUT2D eigenvalue weighted by molar-refractivity contribution is 0.0420. The summed E-state index contributed by atoms with van der Waals surface area (Å²) < 4.78 is 11.1. The highest BCUT2D eigenvalue weighted by Gasteiger charge is 2.27. The summed E-state index contributed by atoms with van der Waals surface area (Å²) >= 11 is 0. The number of rotatable bonds is 11. The fourth-order valence-corrected chi connectivity index (χ4v) is 4.10. The molecule has 0 aromatic carbocycles. The molecule has 2 rings (SSSR count). The molecule has 152 valence electrons. The lowest BCUT2D eigenvalue weighted by Gasteiger charge is -2.34. The summed E-state index contributed by atoms with van der Waals surface area (Å²) in [6, 6.07) is 0.608. The van der Waals surface area contributed by atoms with Crippen LogP contribution in [0, 0.1) is 5.92 Å². The standard InChI is InChI=1S/C20H40N4O2/c1-4-17(5-2)19(24-11-6-7-12-24)15-23-20(21-3)22-10-8-13-26-18-9-14-25-16-18/h17-19H,4-16H2,1-3H3,(H2,21,22,23). The van der Waals surface area contributed by atoms with Gasteiger partial charge in [0.2, 0.25) is 0 Å². The summed E-state index contributed by atoms with van der Waals surface area (Å²) in [5.41, 5.74) is 0. The summed E-state index contributed by atoms with van der Waals surface area (Å²) in [6.07, 6.45) is 7.49. The van der Waals surface area contributed by atoms with Gasteiger partial charge in [0.15, 0.2) is 5.96 Å². The van der Waals surface area contributed by atoms with Crippen LogP contribution in [0.5, 0.6) is 0 Å². The van der Waals surface area contributed by atoms with E-state index in [9.17, 15) is 0 Å². The highest BCUT2D eigenvalue weighted by molar-refractivity contribution is 5.79. The number of nitrogens with one attached hydrogen (secondary N) is 2. The smallest absolute Gasteiger partial charge is 0.191 e. The molecule has 26 heavy (non-hydrogen) atoms. The Kier molecular flexibility index (Phi) is 10.3. The van der Waals surface area contributed by atoms with E-state index in [1.807, 2.05) is 7.05 Å². The zero-order valence-corrected chi connectivity index (χ0v) is 17.1. The van der Waals surface area contributed by atoms with E-state index in [0.29, 0.717) is 12.1 Å². The predicted octanol–water partition coefficient (Wildman–Crippen LogP) is 2.25. The van der Waals surface area contributed by atoms with Crippen LogP contribution >= 0.6 is 0 Å². The minimum atomic E-state index is 0.300. The molecule has 2 saturated heterocycles. The van der Waals surface area contributed by atoms with Gasteiger partial charge in [0.05, 0.1) is 12.7 Å². The molecule has 0 bridgehead atoms. The number of likely N-dealkylation sites (tertiary alicyclic amines) is 1. The molecule has 2 heterocycles. The van der Waals surface area contributed by atoms with Gasteiger partial charge in [-0.3, -0.25) is 9.89 Å². The molecular formula is C20H40N4O2. The van der Waals surface area contributed by atoms with Gasteiger partial charge < -0.3 is 20.1 Å². The topological polar surface area (TPSA) is 58.1 Å². The van der Waals surface area contributed by atoms with Gasteiger partial charge >= 0.3 is 0 Å². The minimum absolute atomic E-state index is 0.300. The molecule has 2 atom stereocenters. The van der Waals surface area contributed by atoms with Crippen LogP contribution < -0.4 is 10.6 Å². The summed E-state index contributed by atoms with van der Waals surface area (Å²) in [6.45, 7) is 11.4. The van der Waals surface area contributed by atoms with Crippen LogP contribution in [0.4, 0.5) is 0 Å². The van der Waals surface area contributed by atoms with Crippen molar-refractivity contribution >= 4 is 5.96 Å². The summed E-state index contributed by atoms with van der Waals surface area (Å²) in [5, 5.41) is 6.99. The number of guanidine groups is 1. The molecule has 0 aromatic rings. The van der Waals surface area contributed by atoms with Gasteiger partial charge in [0, 0.05) is 39.4 Å². The van der Waals surface area contributed by atoms with Crippen molar-refractivity contribution in [2.24, 2.45) is 10.9 Å². The van der Waals surface area contributed by atoms with Crippen molar-refractivity contribution in [3.05, 3.63) is 0 Å². The number of hydrogen-bond acceptors (Lipinski definition) is 4. The maximum atomic E-state index is 5.81. The Hall–Kier alpha value is -0.850. The first kappa shape index (κ1) is 21.5. The minimum Gasteiger partial charge on any atom is -0.379 e. The second kappa shape index (κ2) is 12.5. The van der Waals surface area contributed by atoms with Gasteiger partial charge in [-0.15, -0.1) is 0 Å². The summed E-state index contributed by atoms with van der Waals surface area (Å²) in [7, 11) is 1.85. The maximum Gasteiger partial charge on any atom is 0.191 e. The Balaban J connectivity index is 1.67. The van der Waals surface area contributed by atoms with E-state index in [1.54, 1.807) is 0 Å². The molecule has 0 amide bonds. The van der Waals surface area contributed by atoms with Crippen molar-refractivity contribution in [2.75, 3.05) is 53.0 Å². The van der Waals surface area contributed by atoms with E-state index in [-0.39, 0.29) is 0 Å². The van der Waals surface area contributed by atoms with Gasteiger partial charge in [-0.2, -0.15) is 0 Å². The second-order valence-corrected chi connectivity index (χ2v) is 7.48. The molecule has 2 N–H and O–H groups in total. The highest BCUT2D eigenvalue weighted by Crippen LogP contribution is 2.22. The maximum absolute atomic E-state index is 5.81. The van der Waals surface area contributed by atoms with Crippen molar-refractivity contribution in [1.29, 1.82) is 0 Å². The number of ether oxygens (including phenoxy) is 2. The molecule has 2 aliphatic heterocycles. The van der Waals surface area contributed by atoms with Crippen LogP contribution in [0.25, 0.3) is 0 Å². The molecule has 0 spiro atoms. The molecule has 2 aliphatic rings. The molecule has 2 fully saturated rings. The summed E-state index contributed by atoms with van der Waals surface area (Å²) in [4.78, 5) is 7.06. The Morgan fingerprint density at radius 2 is 2.00 bits per heavy atom. The normalized spacial score (nSPS) is 22.9. The van der Waals surface area contributed by atoms with Crippen molar-refractivity contribution in [1.82, 2.24) is 15.5 Å². The van der Waals surface area contributed by atoms with E-state index in [2.05, 4.69) is 34.4 Å². The van der Waals surface area contributed by atoms with Crippen LogP contribution in [0.2, 0.25) is 0 Å². The van der Waals surface area contributed by atoms with Crippen molar-refractivity contribution in [3.63, 3.8) is 0 Å². The van der Waals surface area contributed by atoms with Crippen LogP contribution in [-0.4, -0.2) is 76.1 Å². The molecule has 6 heteroatoms. The van der Waals surface area contributed by atoms with Crippen LogP contribution in [0.1, 0.15) is 52.4 Å². The SMILES string of the molecule is CCC(CC)C(CNC(=NC)NCCCOC1CCOC1)N1CCCC1. The molecule has 0 aliphatic carbocycles. The first-order valence-electron chi connectivity index (χ1n) is 10.7. The molecule has 6 nitrogen and oxygen atoms in total. The van der Waals surface area contributed by atoms with E-state index in [1.165, 1.54) is 38.8 Å². The van der Waals surface area contributed by atoms with Crippen molar-refractivity contribution < 1.29 is 9.47 Å². The van der Waals surface area contributed by atoms with Crippen LogP contribution in [0.3, 0.4) is 0 Å². The lowest BCUT2D eigenvalue weighted by Crippen LogP contribution is -2.49. The molecule has 0 aromatic heterocycles. The summed E-state index contributed by atoms with van der Waals surface area (Å²) in [5.74, 6) is 1.66. The van der Waals surface area contributed by atoms with Gasteiger partial charge in [-0.25, -0.2) is 0 Å². The third-order valence-corrected chi connectivity index (χ3v) is 5.76. The van der Waals surface area contributed by atoms with E-state index in [0.717, 1.165) is 57.6 Å². The highest BCUT2D eigenvalue weighted by atomic mass is 16.5. The molecule has 0 radical (unpaired) electrons. The monoisotopic (exact) mass is 368 g/mol. The largest absolute Gasteiger partial charge is 0.379 e. The van der Waals surface area contributed by atoms with Gasteiger partial charge in [0.25, 0.3) is 0 Å². The predicted molar refractivity (Wildman–Crippen MR) is 108 cm³/mol. The van der Waals surface area contributed by atoms with E-state index in [4.69, 9.17) is 9.47 Å². The Morgan fingerprint density at radius 3 is 2.62 bits per heavy atom. The fraction of sp³-hybridized carbons (Fsp3) is 0.950. The fourth-order valence-electron chi connectivity index (χ4n) is 4.10. The lowest BCUT2D eigenvalue weighted by atomic mass is 9.93. The third-order valence-electron chi connectivity index (χ3n) is 5.76. The molecular weight excluding hydrogens is 328 g/mol. The van der Waals surface area contributed by atoms with Gasteiger partial charge in [0.1, 0.15) is 0 Å². The third kappa shape index (κ3) is 7.05. The zero-order chi connectivity index (χ0) is 18.6. The first-order valence-corrected chi connectivity index (χ1v) is 10.7. The molecule has 2 unspecified atom stereocenters. The van der Waals surface area contributed by atoms with Gasteiger partial charge in [-0.05, 0) is 44.7 Å². The number of aliphatic imine (C=N–C) groups is 1. The molecule has 0 saturated carbocycles.